The number of rotatable bonds is 7. The quantitative estimate of drug-likeness (QED) is 0.0562. The molecule has 616 valence electrons. The summed E-state index contributed by atoms with van der Waals surface area (Å²) in [5.74, 6) is -3.29. The van der Waals surface area contributed by atoms with Crippen molar-refractivity contribution in [1.82, 2.24) is 78.5 Å². The zero-order chi connectivity index (χ0) is 83.2. The number of piperidine rings is 2. The minimum atomic E-state index is -3.67. The SMILES string of the molecule is BrBr.C.C.CC(=O)O.CN1CCCC(c2c(C(=O)N3CCC3)c(Cl)cc3c(-c4cc(N)ncn4)nn(C)c23)C1.CN1C[CH-]CCC1.Cn1nc(Br)c2cc(Cl)c(C(=O)N3CCC3)c(I)c21.Cn1nc(Br)c2cc(Cl)c(C(=O)O)c(I)c21.Cn1ncc2cc(Cl)c(C(=O)O)c(I)c21.Cn1ncc2cc(Cl)c(C(=O)O)cc21.FB(F)F.[K+]. The molecule has 4 aliphatic heterocycles. The average molecular weight is 2310 g/mol. The van der Waals surface area contributed by atoms with Crippen LogP contribution in [0.25, 0.3) is 65.9 Å². The molecule has 0 radical (unpaired) electrons. The average Bonchev–Trinajstić information content (AvgIpc) is 1.63. The summed E-state index contributed by atoms with van der Waals surface area (Å²) in [6.45, 7) is 8.72. The van der Waals surface area contributed by atoms with Gasteiger partial charge in [-0.1, -0.05) is 79.3 Å². The van der Waals surface area contributed by atoms with Crippen LogP contribution in [0.1, 0.15) is 124 Å². The van der Waals surface area contributed by atoms with Gasteiger partial charge >= 0.3 is 76.8 Å². The van der Waals surface area contributed by atoms with Gasteiger partial charge in [-0.25, -0.2) is 24.4 Å². The Bertz CT molecular complexity index is 5330. The van der Waals surface area contributed by atoms with Gasteiger partial charge in [0.2, 0.25) is 0 Å². The van der Waals surface area contributed by atoms with Gasteiger partial charge in [-0.2, -0.15) is 31.9 Å². The number of carbonyl (C=O) groups is 6. The summed E-state index contributed by atoms with van der Waals surface area (Å²) in [6.07, 6.45) is 14.0. The third-order valence-electron chi connectivity index (χ3n) is 17.5. The molecule has 11 aromatic rings. The maximum atomic E-state index is 13.4. The zero-order valence-corrected chi connectivity index (χ0v) is 81.3. The van der Waals surface area contributed by atoms with Crippen molar-refractivity contribution < 1.29 is 114 Å². The molecule has 10 heterocycles. The van der Waals surface area contributed by atoms with Gasteiger partial charge in [-0.15, -0.1) is 6.54 Å². The van der Waals surface area contributed by atoms with Crippen LogP contribution in [0.15, 0.2) is 70.4 Å². The second-order valence-electron chi connectivity index (χ2n) is 25.2. The Hall–Kier alpha value is -3.88. The molecule has 0 bridgehead atoms. The van der Waals surface area contributed by atoms with Crippen LogP contribution in [0.5, 0.6) is 0 Å². The number of aromatic nitrogens is 12. The molecule has 0 aliphatic carbocycles. The Morgan fingerprint density at radius 1 is 0.548 bits per heavy atom. The molecule has 4 fully saturated rings. The van der Waals surface area contributed by atoms with E-state index in [1.54, 1.807) is 76.5 Å². The Balaban J connectivity index is 0.000000293. The van der Waals surface area contributed by atoms with Crippen LogP contribution in [0.4, 0.5) is 18.8 Å². The molecule has 0 saturated carbocycles. The van der Waals surface area contributed by atoms with Crippen molar-refractivity contribution in [2.24, 2.45) is 35.2 Å². The number of anilines is 1. The van der Waals surface area contributed by atoms with E-state index in [1.165, 1.54) is 38.3 Å². The van der Waals surface area contributed by atoms with E-state index in [1.807, 2.05) is 85.9 Å². The molecule has 6 N–H and O–H groups in total. The standard InChI is InChI=1S/C22H26ClN7O.C12H10BrClIN3O.C9H5BrClIN2O2.C9H6ClIN2O2.C9H7ClN2O2.C6H12N.C2H4O2.2CH4.BF3.Br2.K/c1-28-6-3-5-13(11-28)18-19(22(31)30-7-4-8-30)15(23)9-14-20(27-29(2)21(14)18)16-10-17(24)26-12-25-16;1-17-10-6(11(13)16-17)5-7(14)8(9(10)15)12(19)18-3-2-4-18;1-14-7-3(8(10)13-14)2-4(11)5(6(7)12)9(15)16;1-13-8-4(3-12-13)2-5(10)6(7(8)11)9(14)15;1-12-8-3-6(9(13)14)7(10)2-5(8)4-11-12;1-7-5-3-2-4-6-7;1-2(3)4;;;2-1(3)4;1-2;/h9-10,12-13H,3-8,11H2,1-2H3,(H2,24,25,26);5H,2-4H2,1H3;2H,1H3,(H,15,16);2-3H,1H3,(H,14,15);2-4H,1H3,(H,13,14);3H,2,4-6H2,1H3;1H3,(H,3,4);2*1H4;;;/q;;;;;-1;;;;;;+1. The Morgan fingerprint density at radius 3 is 1.45 bits per heavy atom. The fraction of sp³-hybridized carbons (Fsp3) is 0.352. The summed E-state index contributed by atoms with van der Waals surface area (Å²) in [5, 5.41) is 61.6. The Labute approximate surface area is 802 Å². The predicted octanol–water partition coefficient (Wildman–Crippen LogP) is 16.0. The van der Waals surface area contributed by atoms with Gasteiger partial charge in [-0.05, 0) is 200 Å². The molecule has 1 unspecified atom stereocenters. The summed E-state index contributed by atoms with van der Waals surface area (Å²) in [6, 6.07) is 11.7. The van der Waals surface area contributed by atoms with Crippen molar-refractivity contribution in [2.75, 3.05) is 72.2 Å². The summed E-state index contributed by atoms with van der Waals surface area (Å²) in [5.41, 5.74) is 14.0. The normalized spacial score (nSPS) is 14.0. The van der Waals surface area contributed by atoms with Crippen LogP contribution in [0, 0.1) is 17.1 Å². The van der Waals surface area contributed by atoms with Gasteiger partial charge in [-0.3, -0.25) is 50.7 Å². The number of carboxylic acid groups (broad SMARTS) is 4. The van der Waals surface area contributed by atoms with E-state index >= 15 is 0 Å². The van der Waals surface area contributed by atoms with Gasteiger partial charge in [0.1, 0.15) is 27.0 Å². The van der Waals surface area contributed by atoms with Crippen molar-refractivity contribution in [3.8, 4) is 11.4 Å². The molecule has 1 atom stereocenters. The number of hydrogen-bond donors (Lipinski definition) is 5. The summed E-state index contributed by atoms with van der Waals surface area (Å²) >= 11 is 49.1. The van der Waals surface area contributed by atoms with Crippen molar-refractivity contribution in [3.05, 3.63) is 146 Å². The summed E-state index contributed by atoms with van der Waals surface area (Å²) in [7, 11) is 9.68. The number of carbonyl (C=O) groups excluding carboxylic acids is 2. The molecule has 4 aliphatic rings. The molecule has 44 heteroatoms. The first-order chi connectivity index (χ1) is 52.8. The number of aliphatic carboxylic acids is 1. The zero-order valence-electron chi connectivity index (χ0n) is 61.5. The van der Waals surface area contributed by atoms with Crippen LogP contribution in [-0.4, -0.2) is 209 Å². The van der Waals surface area contributed by atoms with E-state index in [4.69, 9.17) is 94.1 Å². The first-order valence-corrected chi connectivity index (χ1v) is 43.7. The van der Waals surface area contributed by atoms with Crippen molar-refractivity contribution in [2.45, 2.75) is 66.2 Å². The molecular weight excluding hydrogens is 2240 g/mol. The number of aryl methyl sites for hydroxylation is 5. The second-order valence-corrected chi connectivity index (χ2v) is 32.0. The predicted molar refractivity (Wildman–Crippen MR) is 484 cm³/mol. The number of likely N-dealkylation sites (tertiary alicyclic amines) is 4. The molecule has 15 rings (SSSR count). The molecule has 4 saturated heterocycles. The fourth-order valence-corrected chi connectivity index (χ4v) is 18.7. The van der Waals surface area contributed by atoms with Crippen molar-refractivity contribution in [3.63, 3.8) is 0 Å². The minimum Gasteiger partial charge on any atom is -0.481 e. The van der Waals surface area contributed by atoms with E-state index in [2.05, 4.69) is 143 Å². The minimum absolute atomic E-state index is 0. The molecular formula is C71H78BBr4Cl5F3I3KN17O10. The van der Waals surface area contributed by atoms with Crippen LogP contribution >= 0.6 is 186 Å². The van der Waals surface area contributed by atoms with Gasteiger partial charge in [0, 0.05) is 136 Å². The summed E-state index contributed by atoms with van der Waals surface area (Å²) < 4.78 is 41.0. The third-order valence-corrected chi connectivity index (χ3v) is 23.4. The van der Waals surface area contributed by atoms with E-state index in [-0.39, 0.29) is 116 Å². The number of fused-ring (bicyclic) bond motifs is 5. The first-order valence-electron chi connectivity index (χ1n) is 33.3. The number of hydrogen-bond acceptors (Lipinski definition) is 16. The largest absolute Gasteiger partial charge is 1.00 e. The first kappa shape index (κ1) is 103. The Kier molecular flexibility index (Phi) is 42.8. The van der Waals surface area contributed by atoms with Crippen LogP contribution in [0.2, 0.25) is 25.1 Å². The molecule has 0 spiro atoms. The van der Waals surface area contributed by atoms with E-state index < -0.39 is 31.4 Å². The molecule has 6 aromatic heterocycles. The molecule has 2 amide bonds. The van der Waals surface area contributed by atoms with Gasteiger partial charge < -0.3 is 52.2 Å². The number of carboxylic acids is 4. The van der Waals surface area contributed by atoms with Crippen LogP contribution in [-0.2, 0) is 40.0 Å². The fourth-order valence-electron chi connectivity index (χ4n) is 12.2. The number of nitrogens with zero attached hydrogens (tertiary/aromatic N) is 16. The van der Waals surface area contributed by atoms with Crippen molar-refractivity contribution >= 4 is 289 Å². The molecule has 27 nitrogen and oxygen atoms in total. The maximum absolute atomic E-state index is 13.4. The third kappa shape index (κ3) is 26.1. The van der Waals surface area contributed by atoms with Crippen molar-refractivity contribution in [1.29, 1.82) is 0 Å². The number of nitrogens with two attached hydrogens (primary N) is 1. The smallest absolute Gasteiger partial charge is 0.481 e. The topological polar surface area (TPSA) is 337 Å². The number of aromatic carboxylic acids is 3. The maximum Gasteiger partial charge on any atom is 1.00 e. The van der Waals surface area contributed by atoms with E-state index in [0.717, 1.165) is 140 Å². The van der Waals surface area contributed by atoms with Gasteiger partial charge in [0.25, 0.3) is 17.8 Å². The second kappa shape index (κ2) is 47.5. The molecule has 5 aromatic carbocycles. The van der Waals surface area contributed by atoms with Crippen LogP contribution < -0.4 is 57.1 Å². The van der Waals surface area contributed by atoms with Crippen LogP contribution in [0.3, 0.4) is 0 Å². The molecule has 115 heavy (non-hydrogen) atoms. The number of nitrogen functional groups attached to an aromatic ring is 1. The number of amides is 2. The number of likely N-dealkylation sites (N-methyl/N-ethyl adjacent to an activating group) is 1. The van der Waals surface area contributed by atoms with Gasteiger partial charge in [0.05, 0.1) is 109 Å². The van der Waals surface area contributed by atoms with E-state index in [0.29, 0.717) is 50.1 Å². The van der Waals surface area contributed by atoms with E-state index in [9.17, 15) is 36.9 Å². The Morgan fingerprint density at radius 2 is 0.991 bits per heavy atom. The monoisotopic (exact) mass is 2310 g/mol. The number of benzene rings is 5. The number of halogens is 15. The van der Waals surface area contributed by atoms with Gasteiger partial charge in [0.15, 0.2) is 0 Å². The summed E-state index contributed by atoms with van der Waals surface area (Å²) in [4.78, 5) is 84.4.